The van der Waals surface area contributed by atoms with E-state index in [0.717, 1.165) is 0 Å². The van der Waals surface area contributed by atoms with Crippen molar-refractivity contribution in [3.63, 3.8) is 0 Å². The molecule has 0 aliphatic heterocycles. The van der Waals surface area contributed by atoms with E-state index in [9.17, 15) is 10.2 Å². The normalized spacial score (nSPS) is 13.7. The third-order valence-corrected chi connectivity index (χ3v) is 2.61. The van der Waals surface area contributed by atoms with E-state index in [-0.39, 0.29) is 17.9 Å². The lowest BCUT2D eigenvalue weighted by atomic mass is 10.0. The molecular weight excluding hydrogens is 218 g/mol. The van der Waals surface area contributed by atoms with Crippen molar-refractivity contribution in [1.82, 2.24) is 0 Å². The standard InChI is InChI=1S/C13H21NO3/c1-13(2,3)14-7-12(17)9-4-5-11(16)10(6-9)8-15/h4-6,12,14-17H,7-8H2,1-3H3/p+1. The monoisotopic (exact) mass is 240 g/mol. The molecule has 1 aromatic rings. The molecule has 0 amide bonds. The second kappa shape index (κ2) is 5.49. The first-order valence-electron chi connectivity index (χ1n) is 5.78. The second-order valence-electron chi connectivity index (χ2n) is 5.37. The number of benzene rings is 1. The average Bonchev–Trinajstić information content (AvgIpc) is 2.25. The first kappa shape index (κ1) is 14.0. The maximum absolute atomic E-state index is 10.0. The Hall–Kier alpha value is -1.10. The van der Waals surface area contributed by atoms with E-state index < -0.39 is 6.10 Å². The predicted octanol–water partition coefficient (Wildman–Crippen LogP) is 0.280. The van der Waals surface area contributed by atoms with Crippen molar-refractivity contribution < 1.29 is 20.6 Å². The molecule has 1 aromatic carbocycles. The Morgan fingerprint density at radius 1 is 1.29 bits per heavy atom. The first-order chi connectivity index (χ1) is 7.83. The molecule has 4 nitrogen and oxygen atoms in total. The zero-order chi connectivity index (χ0) is 13.1. The highest BCUT2D eigenvalue weighted by Crippen LogP contribution is 2.21. The fourth-order valence-electron chi connectivity index (χ4n) is 1.54. The summed E-state index contributed by atoms with van der Waals surface area (Å²) in [7, 11) is 0. The number of quaternary nitrogens is 1. The Labute approximate surface area is 102 Å². The molecule has 0 aliphatic rings. The summed E-state index contributed by atoms with van der Waals surface area (Å²) in [6, 6.07) is 4.81. The Bertz CT molecular complexity index is 371. The molecule has 0 saturated heterocycles. The third kappa shape index (κ3) is 4.34. The zero-order valence-corrected chi connectivity index (χ0v) is 10.6. The van der Waals surface area contributed by atoms with Crippen molar-refractivity contribution in [2.75, 3.05) is 6.54 Å². The Morgan fingerprint density at radius 2 is 1.94 bits per heavy atom. The third-order valence-electron chi connectivity index (χ3n) is 2.61. The summed E-state index contributed by atoms with van der Waals surface area (Å²) in [4.78, 5) is 0. The van der Waals surface area contributed by atoms with E-state index in [2.05, 4.69) is 26.1 Å². The molecule has 1 unspecified atom stereocenters. The van der Waals surface area contributed by atoms with Crippen molar-refractivity contribution in [3.8, 4) is 5.75 Å². The van der Waals surface area contributed by atoms with Crippen LogP contribution in [0.1, 0.15) is 38.0 Å². The van der Waals surface area contributed by atoms with E-state index >= 15 is 0 Å². The molecule has 5 N–H and O–H groups in total. The number of hydrogen-bond donors (Lipinski definition) is 4. The van der Waals surface area contributed by atoms with Gasteiger partial charge in [0.25, 0.3) is 0 Å². The SMILES string of the molecule is CC(C)(C)[NH2+]CC(O)c1ccc(O)c(CO)c1. The lowest BCUT2D eigenvalue weighted by Crippen LogP contribution is -2.95. The summed E-state index contributed by atoms with van der Waals surface area (Å²) in [6.45, 7) is 6.57. The van der Waals surface area contributed by atoms with Crippen molar-refractivity contribution in [2.24, 2.45) is 0 Å². The van der Waals surface area contributed by atoms with Crippen LogP contribution < -0.4 is 5.32 Å². The van der Waals surface area contributed by atoms with Gasteiger partial charge in [-0.05, 0) is 38.5 Å². The number of aliphatic hydroxyl groups excluding tert-OH is 2. The second-order valence-corrected chi connectivity index (χ2v) is 5.37. The van der Waals surface area contributed by atoms with Gasteiger partial charge >= 0.3 is 0 Å². The van der Waals surface area contributed by atoms with Gasteiger partial charge < -0.3 is 20.6 Å². The van der Waals surface area contributed by atoms with E-state index in [4.69, 9.17) is 5.11 Å². The van der Waals surface area contributed by atoms with Gasteiger partial charge in [0.2, 0.25) is 0 Å². The highest BCUT2D eigenvalue weighted by Gasteiger charge is 2.17. The molecule has 96 valence electrons. The minimum atomic E-state index is -0.597. The lowest BCUT2D eigenvalue weighted by molar-refractivity contribution is -0.722. The maximum atomic E-state index is 10.0. The van der Waals surface area contributed by atoms with Gasteiger partial charge in [-0.3, -0.25) is 0 Å². The Balaban J connectivity index is 2.72. The molecule has 0 aromatic heterocycles. The minimum absolute atomic E-state index is 0.0586. The molecular formula is C13H22NO3+. The van der Waals surface area contributed by atoms with E-state index in [0.29, 0.717) is 17.7 Å². The zero-order valence-electron chi connectivity index (χ0n) is 10.6. The highest BCUT2D eigenvalue weighted by atomic mass is 16.3. The van der Waals surface area contributed by atoms with Crippen molar-refractivity contribution in [3.05, 3.63) is 29.3 Å². The first-order valence-corrected chi connectivity index (χ1v) is 5.78. The van der Waals surface area contributed by atoms with Crippen LogP contribution in [0, 0.1) is 0 Å². The van der Waals surface area contributed by atoms with E-state index in [1.165, 1.54) is 6.07 Å². The molecule has 0 radical (unpaired) electrons. The van der Waals surface area contributed by atoms with Gasteiger partial charge in [-0.2, -0.15) is 0 Å². The van der Waals surface area contributed by atoms with E-state index in [1.54, 1.807) is 12.1 Å². The molecule has 17 heavy (non-hydrogen) atoms. The van der Waals surface area contributed by atoms with E-state index in [1.807, 2.05) is 0 Å². The van der Waals surface area contributed by atoms with Gasteiger partial charge in [0, 0.05) is 5.56 Å². The van der Waals surface area contributed by atoms with Crippen LogP contribution in [0.2, 0.25) is 0 Å². The summed E-state index contributed by atoms with van der Waals surface area (Å²) in [5, 5.41) is 30.5. The Kier molecular flexibility index (Phi) is 4.51. The number of rotatable bonds is 4. The smallest absolute Gasteiger partial charge is 0.128 e. The fourth-order valence-corrected chi connectivity index (χ4v) is 1.54. The van der Waals surface area contributed by atoms with Crippen LogP contribution in [0.5, 0.6) is 5.75 Å². The molecule has 0 spiro atoms. The number of hydrogen-bond acceptors (Lipinski definition) is 3. The number of aliphatic hydroxyl groups is 2. The summed E-state index contributed by atoms with van der Waals surface area (Å²) < 4.78 is 0. The number of nitrogens with two attached hydrogens (primary N) is 1. The topological polar surface area (TPSA) is 77.3 Å². The molecule has 4 heteroatoms. The fraction of sp³-hybridized carbons (Fsp3) is 0.538. The summed E-state index contributed by atoms with van der Waals surface area (Å²) in [5.74, 6) is 0.0586. The Morgan fingerprint density at radius 3 is 2.47 bits per heavy atom. The van der Waals surface area contributed by atoms with Crippen molar-refractivity contribution in [2.45, 2.75) is 39.0 Å². The predicted molar refractivity (Wildman–Crippen MR) is 65.5 cm³/mol. The quantitative estimate of drug-likeness (QED) is 0.610. The van der Waals surface area contributed by atoms with Crippen LogP contribution in [0.4, 0.5) is 0 Å². The van der Waals surface area contributed by atoms with Crippen LogP contribution in [0.15, 0.2) is 18.2 Å². The lowest BCUT2D eigenvalue weighted by Gasteiger charge is -2.20. The molecule has 0 aliphatic carbocycles. The van der Waals surface area contributed by atoms with Gasteiger partial charge in [0.05, 0.1) is 12.1 Å². The number of aromatic hydroxyl groups is 1. The van der Waals surface area contributed by atoms with Gasteiger partial charge in [0.15, 0.2) is 0 Å². The van der Waals surface area contributed by atoms with Gasteiger partial charge in [-0.15, -0.1) is 0 Å². The summed E-state index contributed by atoms with van der Waals surface area (Å²) >= 11 is 0. The van der Waals surface area contributed by atoms with Crippen LogP contribution in [-0.4, -0.2) is 27.4 Å². The van der Waals surface area contributed by atoms with Crippen LogP contribution >= 0.6 is 0 Å². The average molecular weight is 240 g/mol. The molecule has 0 bridgehead atoms. The summed E-state index contributed by atoms with van der Waals surface area (Å²) in [5.41, 5.74) is 1.22. The highest BCUT2D eigenvalue weighted by molar-refractivity contribution is 5.36. The van der Waals surface area contributed by atoms with Crippen molar-refractivity contribution in [1.29, 1.82) is 0 Å². The summed E-state index contributed by atoms with van der Waals surface area (Å²) in [6.07, 6.45) is -0.597. The molecule has 1 atom stereocenters. The number of phenols is 1. The molecule has 0 heterocycles. The van der Waals surface area contributed by atoms with Gasteiger partial charge in [-0.1, -0.05) is 6.07 Å². The van der Waals surface area contributed by atoms with Crippen LogP contribution in [0.3, 0.4) is 0 Å². The minimum Gasteiger partial charge on any atom is -0.508 e. The van der Waals surface area contributed by atoms with Crippen molar-refractivity contribution >= 4 is 0 Å². The maximum Gasteiger partial charge on any atom is 0.128 e. The molecule has 1 rings (SSSR count). The largest absolute Gasteiger partial charge is 0.508 e. The van der Waals surface area contributed by atoms with Crippen LogP contribution in [-0.2, 0) is 6.61 Å². The van der Waals surface area contributed by atoms with Gasteiger partial charge in [-0.25, -0.2) is 0 Å². The van der Waals surface area contributed by atoms with Crippen LogP contribution in [0.25, 0.3) is 0 Å². The molecule has 0 fully saturated rings. The molecule has 0 saturated carbocycles. The van der Waals surface area contributed by atoms with Gasteiger partial charge in [0.1, 0.15) is 18.4 Å².